The van der Waals surface area contributed by atoms with E-state index in [1.807, 2.05) is 48.5 Å². The van der Waals surface area contributed by atoms with Gasteiger partial charge in [-0.1, -0.05) is 39.4 Å². The average molecular weight is 460 g/mol. The molecule has 0 atom stereocenters. The molecule has 0 saturated carbocycles. The normalized spacial score (nSPS) is 13.8. The number of rotatable bonds is 4. The number of nitrogens with zero attached hydrogens (tertiary/aromatic N) is 3. The highest BCUT2D eigenvalue weighted by atomic mass is 79.9. The monoisotopic (exact) mass is 459 g/mol. The number of hydrogen-bond donors (Lipinski definition) is 0. The fraction of sp³-hybridized carbons (Fsp3) is 0.200. The summed E-state index contributed by atoms with van der Waals surface area (Å²) in [6.45, 7) is 0.997. The van der Waals surface area contributed by atoms with Gasteiger partial charge in [0, 0.05) is 10.2 Å². The molecule has 144 valence electrons. The summed E-state index contributed by atoms with van der Waals surface area (Å²) in [4.78, 5) is 20.3. The summed E-state index contributed by atoms with van der Waals surface area (Å²) in [7, 11) is 3.19. The van der Waals surface area contributed by atoms with Crippen molar-refractivity contribution in [2.24, 2.45) is 4.99 Å². The van der Waals surface area contributed by atoms with Crippen molar-refractivity contribution in [3.05, 3.63) is 72.2 Å². The number of halogens is 1. The number of anilines is 1. The third-order valence-corrected chi connectivity index (χ3v) is 5.99. The van der Waals surface area contributed by atoms with E-state index in [9.17, 15) is 4.79 Å². The van der Waals surface area contributed by atoms with E-state index in [-0.39, 0.29) is 5.56 Å². The highest BCUT2D eigenvalue weighted by Crippen LogP contribution is 2.27. The molecule has 2 heterocycles. The van der Waals surface area contributed by atoms with Crippen molar-refractivity contribution in [1.82, 2.24) is 4.57 Å². The lowest BCUT2D eigenvalue weighted by atomic mass is 10.2. The Kier molecular flexibility index (Phi) is 5.23. The van der Waals surface area contributed by atoms with E-state index in [1.165, 1.54) is 11.3 Å². The molecule has 28 heavy (non-hydrogen) atoms. The number of methoxy groups -OCH3 is 2. The van der Waals surface area contributed by atoms with Crippen LogP contribution in [-0.4, -0.2) is 25.5 Å². The zero-order valence-corrected chi connectivity index (χ0v) is 17.8. The minimum Gasteiger partial charge on any atom is -0.493 e. The van der Waals surface area contributed by atoms with Gasteiger partial charge in [-0.3, -0.25) is 9.36 Å². The van der Waals surface area contributed by atoms with Gasteiger partial charge in [0.25, 0.3) is 5.56 Å². The Morgan fingerprint density at radius 2 is 1.96 bits per heavy atom. The van der Waals surface area contributed by atoms with Gasteiger partial charge in [-0.2, -0.15) is 0 Å². The maximum absolute atomic E-state index is 12.9. The first-order valence-electron chi connectivity index (χ1n) is 8.57. The zero-order chi connectivity index (χ0) is 19.7. The average Bonchev–Trinajstić information content (AvgIpc) is 3.02. The predicted molar refractivity (Wildman–Crippen MR) is 114 cm³/mol. The number of aromatic nitrogens is 1. The Labute approximate surface area is 174 Å². The molecular weight excluding hydrogens is 442 g/mol. The summed E-state index contributed by atoms with van der Waals surface area (Å²) in [5.41, 5.74) is 1.85. The van der Waals surface area contributed by atoms with Crippen molar-refractivity contribution < 1.29 is 9.47 Å². The summed E-state index contributed by atoms with van der Waals surface area (Å²) < 4.78 is 14.0. The standard InChI is InChI=1S/C20H18BrN3O3S/c1-26-16-7-6-13(8-17(16)27-2)9-18-19(25)24-12-23(11-22-20(24)28-18)15-5-3-4-14(21)10-15/h3-10H,11-12H2,1-2H3. The summed E-state index contributed by atoms with van der Waals surface area (Å²) in [5.74, 6) is 1.28. The van der Waals surface area contributed by atoms with Crippen molar-refractivity contribution in [1.29, 1.82) is 0 Å². The lowest BCUT2D eigenvalue weighted by molar-refractivity contribution is 0.355. The fourth-order valence-electron chi connectivity index (χ4n) is 3.04. The molecule has 0 saturated heterocycles. The van der Waals surface area contributed by atoms with Crippen LogP contribution in [0.25, 0.3) is 6.08 Å². The second-order valence-electron chi connectivity index (χ2n) is 6.20. The van der Waals surface area contributed by atoms with Gasteiger partial charge in [0.1, 0.15) is 13.3 Å². The van der Waals surface area contributed by atoms with Crippen LogP contribution in [0.15, 0.2) is 56.7 Å². The van der Waals surface area contributed by atoms with Crippen molar-refractivity contribution in [2.75, 3.05) is 25.8 Å². The summed E-state index contributed by atoms with van der Waals surface area (Å²) >= 11 is 4.89. The number of ether oxygens (including phenoxy) is 2. The SMILES string of the molecule is COc1ccc(C=c2sc3n(c2=O)CN(c2cccc(Br)c2)CN=3)cc1OC. The molecule has 8 heteroatoms. The highest BCUT2D eigenvalue weighted by Gasteiger charge is 2.16. The highest BCUT2D eigenvalue weighted by molar-refractivity contribution is 9.10. The Balaban J connectivity index is 1.70. The van der Waals surface area contributed by atoms with Gasteiger partial charge in [-0.15, -0.1) is 0 Å². The Hall–Kier alpha value is -2.58. The molecule has 0 amide bonds. The molecule has 0 radical (unpaired) electrons. The van der Waals surface area contributed by atoms with E-state index in [1.54, 1.807) is 18.8 Å². The van der Waals surface area contributed by atoms with E-state index in [4.69, 9.17) is 9.47 Å². The minimum atomic E-state index is -0.0433. The van der Waals surface area contributed by atoms with Crippen LogP contribution in [0, 0.1) is 0 Å². The first kappa shape index (κ1) is 18.8. The van der Waals surface area contributed by atoms with Crippen molar-refractivity contribution in [3.8, 4) is 11.5 Å². The molecule has 0 aliphatic carbocycles. The lowest BCUT2D eigenvalue weighted by Gasteiger charge is -2.25. The Morgan fingerprint density at radius 1 is 1.14 bits per heavy atom. The number of fused-ring (bicyclic) bond motifs is 1. The van der Waals surface area contributed by atoms with Crippen LogP contribution in [0.2, 0.25) is 0 Å². The number of benzene rings is 2. The van der Waals surface area contributed by atoms with E-state index in [2.05, 4.69) is 25.8 Å². The maximum Gasteiger partial charge on any atom is 0.271 e. The van der Waals surface area contributed by atoms with Crippen LogP contribution in [0.5, 0.6) is 11.5 Å². The molecule has 1 aliphatic heterocycles. The molecule has 2 aromatic carbocycles. The van der Waals surface area contributed by atoms with E-state index in [0.717, 1.165) is 20.5 Å². The van der Waals surface area contributed by atoms with Gasteiger partial charge in [0.15, 0.2) is 16.3 Å². The summed E-state index contributed by atoms with van der Waals surface area (Å²) in [5, 5.41) is 0. The molecule has 0 bridgehead atoms. The largest absolute Gasteiger partial charge is 0.493 e. The summed E-state index contributed by atoms with van der Waals surface area (Å²) in [6, 6.07) is 13.6. The molecule has 1 aliphatic rings. The molecule has 1 aromatic heterocycles. The Morgan fingerprint density at radius 3 is 2.71 bits per heavy atom. The van der Waals surface area contributed by atoms with Crippen LogP contribution in [0.3, 0.4) is 0 Å². The third kappa shape index (κ3) is 3.57. The van der Waals surface area contributed by atoms with Gasteiger partial charge < -0.3 is 14.4 Å². The van der Waals surface area contributed by atoms with Gasteiger partial charge in [-0.25, -0.2) is 4.99 Å². The van der Waals surface area contributed by atoms with Gasteiger partial charge >= 0.3 is 0 Å². The second kappa shape index (κ2) is 7.81. The lowest BCUT2D eigenvalue weighted by Crippen LogP contribution is -2.42. The zero-order valence-electron chi connectivity index (χ0n) is 15.4. The van der Waals surface area contributed by atoms with Crippen molar-refractivity contribution in [2.45, 2.75) is 6.67 Å². The van der Waals surface area contributed by atoms with Crippen LogP contribution in [0.1, 0.15) is 5.56 Å². The van der Waals surface area contributed by atoms with E-state index in [0.29, 0.717) is 29.4 Å². The van der Waals surface area contributed by atoms with Gasteiger partial charge in [0.05, 0.1) is 18.8 Å². The van der Waals surface area contributed by atoms with Crippen LogP contribution < -0.4 is 29.3 Å². The van der Waals surface area contributed by atoms with Crippen LogP contribution >= 0.6 is 27.3 Å². The molecule has 3 aromatic rings. The van der Waals surface area contributed by atoms with Gasteiger partial charge in [-0.05, 0) is 42.0 Å². The van der Waals surface area contributed by atoms with Crippen LogP contribution in [0.4, 0.5) is 5.69 Å². The quantitative estimate of drug-likeness (QED) is 0.601. The predicted octanol–water partition coefficient (Wildman–Crippen LogP) is 2.57. The minimum absolute atomic E-state index is 0.0433. The Bertz CT molecular complexity index is 1200. The number of hydrogen-bond acceptors (Lipinski definition) is 6. The van der Waals surface area contributed by atoms with Crippen LogP contribution in [-0.2, 0) is 6.67 Å². The molecular formula is C20H18BrN3O3S. The van der Waals surface area contributed by atoms with Crippen molar-refractivity contribution >= 4 is 39.0 Å². The smallest absolute Gasteiger partial charge is 0.271 e. The first-order valence-corrected chi connectivity index (χ1v) is 10.2. The number of thiazole rings is 1. The van der Waals surface area contributed by atoms with Gasteiger partial charge in [0.2, 0.25) is 0 Å². The fourth-order valence-corrected chi connectivity index (χ4v) is 4.39. The molecule has 6 nitrogen and oxygen atoms in total. The van der Waals surface area contributed by atoms with E-state index < -0.39 is 0 Å². The third-order valence-electron chi connectivity index (χ3n) is 4.46. The molecule has 0 N–H and O–H groups in total. The molecule has 0 spiro atoms. The molecule has 4 rings (SSSR count). The second-order valence-corrected chi connectivity index (χ2v) is 8.13. The molecule has 0 fully saturated rings. The van der Waals surface area contributed by atoms with Crippen molar-refractivity contribution in [3.63, 3.8) is 0 Å². The maximum atomic E-state index is 12.9. The summed E-state index contributed by atoms with van der Waals surface area (Å²) in [6.07, 6.45) is 1.86. The van der Waals surface area contributed by atoms with E-state index >= 15 is 0 Å². The molecule has 0 unspecified atom stereocenters. The topological polar surface area (TPSA) is 56.1 Å². The first-order chi connectivity index (χ1) is 13.6.